The Morgan fingerprint density at radius 3 is 1.86 bits per heavy atom. The lowest BCUT2D eigenvalue weighted by Crippen LogP contribution is -2.00. The molecule has 0 fully saturated rings. The van der Waals surface area contributed by atoms with Crippen molar-refractivity contribution in [1.82, 2.24) is 0 Å². The van der Waals surface area contributed by atoms with Crippen molar-refractivity contribution in [2.45, 2.75) is 0 Å². The average Bonchev–Trinajstić information content (AvgIpc) is 2.54. The molecule has 0 aliphatic carbocycles. The zero-order valence-corrected chi connectivity index (χ0v) is 11.8. The monoisotopic (exact) mass is 282 g/mol. The fourth-order valence-corrected chi connectivity index (χ4v) is 1.64. The Hall–Kier alpha value is -2.77. The first kappa shape index (κ1) is 14.6. The number of esters is 1. The number of carbonyl (C=O) groups is 1. The number of ether oxygens (including phenoxy) is 1. The second-order valence-electron chi connectivity index (χ2n) is 4.09. The van der Waals surface area contributed by atoms with Gasteiger partial charge in [-0.3, -0.25) is 0 Å². The van der Waals surface area contributed by atoms with Crippen LogP contribution in [0.4, 0.5) is 0 Å². The first-order valence-corrected chi connectivity index (χ1v) is 6.24. The Morgan fingerprint density at radius 2 is 1.38 bits per heavy atom. The molecule has 2 aromatic rings. The van der Waals surface area contributed by atoms with Crippen molar-refractivity contribution < 1.29 is 19.3 Å². The van der Waals surface area contributed by atoms with E-state index < -0.39 is 0 Å². The highest BCUT2D eigenvalue weighted by molar-refractivity contribution is 5.89. The normalized spacial score (nSPS) is 9.43. The van der Waals surface area contributed by atoms with Crippen molar-refractivity contribution in [3.8, 4) is 17.6 Å². The molecule has 0 unspecified atom stereocenters. The van der Waals surface area contributed by atoms with E-state index in [4.69, 9.17) is 4.89 Å². The maximum Gasteiger partial charge on any atom is 0.337 e. The Kier molecular flexibility index (Phi) is 4.97. The highest BCUT2D eigenvalue weighted by Crippen LogP contribution is 2.11. The molecule has 106 valence electrons. The minimum Gasteiger partial charge on any atom is -0.465 e. The summed E-state index contributed by atoms with van der Waals surface area (Å²) in [6.07, 6.45) is 0. The zero-order chi connectivity index (χ0) is 15.1. The fraction of sp³-hybridized carbons (Fsp3) is 0.118. The van der Waals surface area contributed by atoms with Gasteiger partial charge in [0.05, 0.1) is 19.8 Å². The van der Waals surface area contributed by atoms with Crippen LogP contribution < -0.4 is 4.89 Å². The van der Waals surface area contributed by atoms with Crippen LogP contribution in [0.15, 0.2) is 48.5 Å². The van der Waals surface area contributed by atoms with Gasteiger partial charge in [-0.15, -0.1) is 0 Å². The number of methoxy groups -OCH3 is 1. The van der Waals surface area contributed by atoms with E-state index in [-0.39, 0.29) is 5.97 Å². The van der Waals surface area contributed by atoms with Crippen LogP contribution >= 0.6 is 0 Å². The third-order valence-corrected chi connectivity index (χ3v) is 2.69. The van der Waals surface area contributed by atoms with E-state index in [1.165, 1.54) is 14.2 Å². The summed E-state index contributed by atoms with van der Waals surface area (Å²) in [4.78, 5) is 20.7. The lowest BCUT2D eigenvalue weighted by molar-refractivity contribution is -0.178. The predicted octanol–water partition coefficient (Wildman–Crippen LogP) is 2.81. The van der Waals surface area contributed by atoms with Crippen LogP contribution in [0.3, 0.4) is 0 Å². The standard InChI is InChI=1S/C17H14O4/c1-19-17(18)15-9-5-13(6-10-15)3-4-14-7-11-16(12-8-14)21-20-2/h5-12H,1-2H3. The van der Waals surface area contributed by atoms with Crippen LogP contribution in [-0.2, 0) is 9.62 Å². The molecule has 0 bridgehead atoms. The van der Waals surface area contributed by atoms with Gasteiger partial charge in [-0.05, 0) is 48.5 Å². The molecular formula is C17H14O4. The molecule has 4 heteroatoms. The molecule has 2 rings (SSSR count). The number of rotatable bonds is 3. The van der Waals surface area contributed by atoms with E-state index in [2.05, 4.69) is 21.5 Å². The maximum atomic E-state index is 11.3. The molecule has 0 aliphatic heterocycles. The highest BCUT2D eigenvalue weighted by atomic mass is 17.2. The second-order valence-corrected chi connectivity index (χ2v) is 4.09. The SMILES string of the molecule is COOc1ccc(C#Cc2ccc(C(=O)OC)cc2)cc1. The van der Waals surface area contributed by atoms with Crippen molar-refractivity contribution in [1.29, 1.82) is 0 Å². The third kappa shape index (κ3) is 4.10. The van der Waals surface area contributed by atoms with Crippen LogP contribution in [0.5, 0.6) is 5.75 Å². The van der Waals surface area contributed by atoms with Crippen molar-refractivity contribution in [2.75, 3.05) is 14.2 Å². The number of carbonyl (C=O) groups excluding carboxylic acids is 1. The number of benzene rings is 2. The van der Waals surface area contributed by atoms with Crippen molar-refractivity contribution in [2.24, 2.45) is 0 Å². The molecule has 0 radical (unpaired) electrons. The summed E-state index contributed by atoms with van der Waals surface area (Å²) >= 11 is 0. The van der Waals surface area contributed by atoms with Gasteiger partial charge in [-0.2, -0.15) is 4.89 Å². The number of hydrogen-bond donors (Lipinski definition) is 0. The molecule has 4 nitrogen and oxygen atoms in total. The maximum absolute atomic E-state index is 11.3. The molecule has 0 amide bonds. The summed E-state index contributed by atoms with van der Waals surface area (Å²) in [6, 6.07) is 14.1. The summed E-state index contributed by atoms with van der Waals surface area (Å²) in [5.74, 6) is 6.31. The Labute approximate surface area is 123 Å². The highest BCUT2D eigenvalue weighted by Gasteiger charge is 2.03. The van der Waals surface area contributed by atoms with Crippen LogP contribution in [0.25, 0.3) is 0 Å². The summed E-state index contributed by atoms with van der Waals surface area (Å²) < 4.78 is 4.64. The topological polar surface area (TPSA) is 44.8 Å². The van der Waals surface area contributed by atoms with E-state index in [0.29, 0.717) is 11.3 Å². The average molecular weight is 282 g/mol. The quantitative estimate of drug-likeness (QED) is 0.376. The molecule has 21 heavy (non-hydrogen) atoms. The largest absolute Gasteiger partial charge is 0.465 e. The van der Waals surface area contributed by atoms with E-state index in [1.807, 2.05) is 12.1 Å². The molecule has 0 aromatic heterocycles. The van der Waals surface area contributed by atoms with E-state index in [0.717, 1.165) is 11.1 Å². The molecule has 0 spiro atoms. The summed E-state index contributed by atoms with van der Waals surface area (Å²) in [5, 5.41) is 0. The molecular weight excluding hydrogens is 268 g/mol. The summed E-state index contributed by atoms with van der Waals surface area (Å²) in [6.45, 7) is 0. The van der Waals surface area contributed by atoms with Gasteiger partial charge in [0.15, 0.2) is 5.75 Å². The van der Waals surface area contributed by atoms with Gasteiger partial charge < -0.3 is 9.62 Å². The van der Waals surface area contributed by atoms with Gasteiger partial charge in [0.25, 0.3) is 0 Å². The van der Waals surface area contributed by atoms with Gasteiger partial charge in [0, 0.05) is 11.1 Å². The molecule has 0 heterocycles. The van der Waals surface area contributed by atoms with Crippen LogP contribution in [0.2, 0.25) is 0 Å². The van der Waals surface area contributed by atoms with Gasteiger partial charge in [-0.1, -0.05) is 11.8 Å². The Balaban J connectivity index is 2.09. The summed E-state index contributed by atoms with van der Waals surface area (Å²) in [7, 11) is 2.80. The number of hydrogen-bond acceptors (Lipinski definition) is 4. The van der Waals surface area contributed by atoms with E-state index >= 15 is 0 Å². The lowest BCUT2D eigenvalue weighted by Gasteiger charge is -1.99. The lowest BCUT2D eigenvalue weighted by atomic mass is 10.1. The Morgan fingerprint density at radius 1 is 0.857 bits per heavy atom. The molecule has 0 aliphatic rings. The smallest absolute Gasteiger partial charge is 0.337 e. The third-order valence-electron chi connectivity index (χ3n) is 2.69. The molecule has 0 saturated heterocycles. The van der Waals surface area contributed by atoms with Gasteiger partial charge in [0.1, 0.15) is 0 Å². The molecule has 0 saturated carbocycles. The van der Waals surface area contributed by atoms with Gasteiger partial charge >= 0.3 is 5.97 Å². The second kappa shape index (κ2) is 7.13. The van der Waals surface area contributed by atoms with Crippen LogP contribution in [0, 0.1) is 11.8 Å². The van der Waals surface area contributed by atoms with Crippen molar-refractivity contribution in [3.63, 3.8) is 0 Å². The van der Waals surface area contributed by atoms with E-state index in [1.54, 1.807) is 36.4 Å². The fourth-order valence-electron chi connectivity index (χ4n) is 1.64. The van der Waals surface area contributed by atoms with Crippen molar-refractivity contribution >= 4 is 5.97 Å². The summed E-state index contributed by atoms with van der Waals surface area (Å²) in [5.41, 5.74) is 2.18. The minimum absolute atomic E-state index is 0.358. The molecule has 0 N–H and O–H groups in total. The van der Waals surface area contributed by atoms with Gasteiger partial charge in [0.2, 0.25) is 0 Å². The van der Waals surface area contributed by atoms with Gasteiger partial charge in [-0.25, -0.2) is 4.79 Å². The van der Waals surface area contributed by atoms with Crippen LogP contribution in [-0.4, -0.2) is 20.2 Å². The molecule has 2 aromatic carbocycles. The molecule has 0 atom stereocenters. The van der Waals surface area contributed by atoms with Crippen molar-refractivity contribution in [3.05, 3.63) is 65.2 Å². The minimum atomic E-state index is -0.358. The first-order valence-electron chi connectivity index (χ1n) is 6.24. The van der Waals surface area contributed by atoms with Crippen LogP contribution in [0.1, 0.15) is 21.5 Å². The zero-order valence-electron chi connectivity index (χ0n) is 11.8. The first-order chi connectivity index (χ1) is 10.2. The van der Waals surface area contributed by atoms with E-state index in [9.17, 15) is 4.79 Å². The predicted molar refractivity (Wildman–Crippen MR) is 77.8 cm³/mol. The Bertz CT molecular complexity index is 661.